The van der Waals surface area contributed by atoms with E-state index in [0.717, 1.165) is 5.56 Å². The highest BCUT2D eigenvalue weighted by molar-refractivity contribution is 5.94. The number of hydrogen-bond acceptors (Lipinski definition) is 6. The minimum absolute atomic E-state index is 0.202. The van der Waals surface area contributed by atoms with Crippen molar-refractivity contribution in [1.29, 1.82) is 0 Å². The molecule has 0 spiro atoms. The van der Waals surface area contributed by atoms with Crippen molar-refractivity contribution >= 4 is 18.0 Å². The lowest BCUT2D eigenvalue weighted by molar-refractivity contribution is -0.154. The van der Waals surface area contributed by atoms with Crippen molar-refractivity contribution < 1.29 is 38.4 Å². The molecule has 3 rings (SSSR count). The largest absolute Gasteiger partial charge is 0.478 e. The van der Waals surface area contributed by atoms with Crippen molar-refractivity contribution in [3.63, 3.8) is 0 Å². The molecule has 1 heterocycles. The summed E-state index contributed by atoms with van der Waals surface area (Å²) in [6, 6.07) is 11.8. The molecule has 1 aliphatic heterocycles. The van der Waals surface area contributed by atoms with Crippen molar-refractivity contribution in [3.8, 4) is 0 Å². The Hall–Kier alpha value is -3.33. The van der Waals surface area contributed by atoms with Crippen LogP contribution < -0.4 is 0 Å². The van der Waals surface area contributed by atoms with E-state index in [0.29, 0.717) is 11.1 Å². The van der Waals surface area contributed by atoms with Crippen molar-refractivity contribution in [3.05, 3.63) is 88.3 Å². The molecule has 0 amide bonds. The predicted octanol–water partition coefficient (Wildman–Crippen LogP) is 6.02. The standard InChI is InChI=1S/C31H37FO7/c1-18-15-20(3)26(29(34)35)23(16-18)13-10-14-25-28(39-31(5,6)38-25)27(24(32)17-19(2)21(4)33)37-30(36)22-11-8-7-9-12-22/h7-13,15-17,19,21,25,27-28,33H,14H2,1-6H3,(H,34,35)/b13-10+,24-17+/t19-,21-,25-,27?,28-/m0/s1. The molecule has 1 aliphatic rings. The van der Waals surface area contributed by atoms with Gasteiger partial charge in [0, 0.05) is 5.92 Å². The van der Waals surface area contributed by atoms with E-state index in [-0.39, 0.29) is 17.5 Å². The van der Waals surface area contributed by atoms with Gasteiger partial charge in [-0.15, -0.1) is 0 Å². The Kier molecular flexibility index (Phi) is 9.83. The maximum Gasteiger partial charge on any atom is 0.338 e. The quantitative estimate of drug-likeness (QED) is 0.355. The van der Waals surface area contributed by atoms with E-state index in [1.807, 2.05) is 13.0 Å². The summed E-state index contributed by atoms with van der Waals surface area (Å²) in [4.78, 5) is 24.8. The van der Waals surface area contributed by atoms with Gasteiger partial charge in [-0.05, 0) is 70.4 Å². The normalized spacial score (nSPS) is 21.5. The Balaban J connectivity index is 1.93. The van der Waals surface area contributed by atoms with E-state index >= 15 is 4.39 Å². The second-order valence-corrected chi connectivity index (χ2v) is 10.5. The molecule has 1 unspecified atom stereocenters. The number of ether oxygens (including phenoxy) is 3. The summed E-state index contributed by atoms with van der Waals surface area (Å²) in [5.74, 6) is -4.15. The number of carboxylic acid groups (broad SMARTS) is 1. The molecule has 0 radical (unpaired) electrons. The van der Waals surface area contributed by atoms with Crippen LogP contribution >= 0.6 is 0 Å². The molecular formula is C31H37FO7. The highest BCUT2D eigenvalue weighted by Crippen LogP contribution is 2.36. The minimum atomic E-state index is -1.44. The summed E-state index contributed by atoms with van der Waals surface area (Å²) in [7, 11) is 0. The van der Waals surface area contributed by atoms with Crippen LogP contribution in [0, 0.1) is 19.8 Å². The zero-order chi connectivity index (χ0) is 28.9. The van der Waals surface area contributed by atoms with Crippen LogP contribution in [0.3, 0.4) is 0 Å². The first-order valence-electron chi connectivity index (χ1n) is 13.0. The molecule has 2 aromatic carbocycles. The van der Waals surface area contributed by atoms with Gasteiger partial charge in [-0.3, -0.25) is 0 Å². The molecule has 8 heteroatoms. The van der Waals surface area contributed by atoms with E-state index in [1.165, 1.54) is 6.08 Å². The van der Waals surface area contributed by atoms with Crippen molar-refractivity contribution in [1.82, 2.24) is 0 Å². The Bertz CT molecular complexity index is 1230. The lowest BCUT2D eigenvalue weighted by Gasteiger charge is -2.26. The molecule has 210 valence electrons. The third kappa shape index (κ3) is 7.85. The van der Waals surface area contributed by atoms with Crippen LogP contribution in [-0.2, 0) is 14.2 Å². The van der Waals surface area contributed by atoms with Crippen LogP contribution in [-0.4, -0.2) is 52.4 Å². The van der Waals surface area contributed by atoms with Crippen LogP contribution in [0.2, 0.25) is 0 Å². The number of carbonyl (C=O) groups excluding carboxylic acids is 1. The lowest BCUT2D eigenvalue weighted by atomic mass is 9.97. The van der Waals surface area contributed by atoms with Crippen LogP contribution in [0.25, 0.3) is 6.08 Å². The summed E-state index contributed by atoms with van der Waals surface area (Å²) in [6.07, 6.45) is 0.926. The molecule has 0 saturated carbocycles. The molecule has 39 heavy (non-hydrogen) atoms. The topological polar surface area (TPSA) is 102 Å². The van der Waals surface area contributed by atoms with E-state index < -0.39 is 53.9 Å². The molecule has 0 bridgehead atoms. The molecule has 2 aromatic rings. The number of esters is 1. The fraction of sp³-hybridized carbons (Fsp3) is 0.419. The van der Waals surface area contributed by atoms with Crippen molar-refractivity contribution in [2.75, 3.05) is 0 Å². The van der Waals surface area contributed by atoms with Gasteiger partial charge < -0.3 is 24.4 Å². The smallest absolute Gasteiger partial charge is 0.338 e. The number of aryl methyl sites for hydroxylation is 2. The van der Waals surface area contributed by atoms with E-state index in [1.54, 1.807) is 83.2 Å². The maximum absolute atomic E-state index is 15.7. The van der Waals surface area contributed by atoms with Crippen LogP contribution in [0.4, 0.5) is 4.39 Å². The molecule has 1 fully saturated rings. The summed E-state index contributed by atoms with van der Waals surface area (Å²) < 4.78 is 33.5. The summed E-state index contributed by atoms with van der Waals surface area (Å²) >= 11 is 0. The number of aromatic carboxylic acids is 1. The number of carboxylic acids is 1. The monoisotopic (exact) mass is 540 g/mol. The van der Waals surface area contributed by atoms with Crippen LogP contribution in [0.1, 0.15) is 71.5 Å². The number of hydrogen-bond donors (Lipinski definition) is 2. The number of aliphatic hydroxyl groups excluding tert-OH is 1. The van der Waals surface area contributed by atoms with E-state index in [9.17, 15) is 19.8 Å². The van der Waals surface area contributed by atoms with Gasteiger partial charge in [0.25, 0.3) is 0 Å². The fourth-order valence-electron chi connectivity index (χ4n) is 4.58. The summed E-state index contributed by atoms with van der Waals surface area (Å²) in [5, 5.41) is 19.6. The third-order valence-corrected chi connectivity index (χ3v) is 6.61. The molecule has 1 saturated heterocycles. The van der Waals surface area contributed by atoms with Gasteiger partial charge in [-0.2, -0.15) is 0 Å². The summed E-state index contributed by atoms with van der Waals surface area (Å²) in [5.41, 5.74) is 2.56. The first-order valence-corrected chi connectivity index (χ1v) is 13.0. The highest BCUT2D eigenvalue weighted by Gasteiger charge is 2.48. The average molecular weight is 541 g/mol. The van der Waals surface area contributed by atoms with E-state index in [2.05, 4.69) is 0 Å². The van der Waals surface area contributed by atoms with Gasteiger partial charge in [0.05, 0.1) is 23.3 Å². The zero-order valence-corrected chi connectivity index (χ0v) is 23.2. The van der Waals surface area contributed by atoms with Crippen LogP contribution in [0.15, 0.2) is 60.4 Å². The predicted molar refractivity (Wildman–Crippen MR) is 146 cm³/mol. The number of halogens is 1. The second kappa shape index (κ2) is 12.7. The Morgan fingerprint density at radius 1 is 1.13 bits per heavy atom. The van der Waals surface area contributed by atoms with Gasteiger partial charge in [0.15, 0.2) is 11.9 Å². The molecule has 5 atom stereocenters. The number of aliphatic hydroxyl groups is 1. The zero-order valence-electron chi connectivity index (χ0n) is 23.2. The first kappa shape index (κ1) is 30.2. The maximum atomic E-state index is 15.7. The van der Waals surface area contributed by atoms with Gasteiger partial charge in [-0.1, -0.05) is 55.0 Å². The second-order valence-electron chi connectivity index (χ2n) is 10.5. The number of rotatable bonds is 10. The Morgan fingerprint density at radius 2 is 1.79 bits per heavy atom. The third-order valence-electron chi connectivity index (χ3n) is 6.61. The lowest BCUT2D eigenvalue weighted by Crippen LogP contribution is -2.39. The number of benzene rings is 2. The van der Waals surface area contributed by atoms with Gasteiger partial charge in [-0.25, -0.2) is 14.0 Å². The van der Waals surface area contributed by atoms with Crippen molar-refractivity contribution in [2.24, 2.45) is 5.92 Å². The number of carbonyl (C=O) groups is 2. The Labute approximate surface area is 228 Å². The van der Waals surface area contributed by atoms with E-state index in [4.69, 9.17) is 14.2 Å². The molecule has 0 aliphatic carbocycles. The first-order chi connectivity index (χ1) is 18.3. The SMILES string of the molecule is Cc1cc(C)c(C(=O)O)c(/C=C/C[C@@H]2OC(C)(C)O[C@@H]2C(OC(=O)c2ccccc2)/C(F)=C\[C@H](C)[C@H](C)O)c1. The summed E-state index contributed by atoms with van der Waals surface area (Å²) in [6.45, 7) is 10.2. The van der Waals surface area contributed by atoms with Gasteiger partial charge in [0.2, 0.25) is 0 Å². The van der Waals surface area contributed by atoms with Gasteiger partial charge in [0.1, 0.15) is 11.9 Å². The molecule has 2 N–H and O–H groups in total. The molecular weight excluding hydrogens is 503 g/mol. The highest BCUT2D eigenvalue weighted by atomic mass is 19.1. The van der Waals surface area contributed by atoms with Crippen molar-refractivity contribution in [2.45, 2.75) is 78.2 Å². The Morgan fingerprint density at radius 3 is 2.41 bits per heavy atom. The average Bonchev–Trinajstić information content (AvgIpc) is 3.15. The molecule has 0 aromatic heterocycles. The van der Waals surface area contributed by atoms with Crippen LogP contribution in [0.5, 0.6) is 0 Å². The minimum Gasteiger partial charge on any atom is -0.478 e. The fourth-order valence-corrected chi connectivity index (χ4v) is 4.58. The van der Waals surface area contributed by atoms with Gasteiger partial charge >= 0.3 is 11.9 Å². The molecule has 7 nitrogen and oxygen atoms in total.